The molecule has 0 spiro atoms. The molecule has 0 aliphatic heterocycles. The Morgan fingerprint density at radius 3 is 2.56 bits per heavy atom. The summed E-state index contributed by atoms with van der Waals surface area (Å²) in [6.07, 6.45) is 5.90. The number of fused-ring (bicyclic) bond motifs is 2. The van der Waals surface area contributed by atoms with Crippen LogP contribution >= 0.6 is 15.9 Å². The molecule has 3 heteroatoms. The zero-order chi connectivity index (χ0) is 12.7. The summed E-state index contributed by atoms with van der Waals surface area (Å²) >= 11 is 3.44. The van der Waals surface area contributed by atoms with E-state index in [-0.39, 0.29) is 12.3 Å². The van der Waals surface area contributed by atoms with Crippen LogP contribution in [0.25, 0.3) is 0 Å². The Bertz CT molecular complexity index is 492. The van der Waals surface area contributed by atoms with E-state index in [4.69, 9.17) is 5.11 Å². The van der Waals surface area contributed by atoms with Crippen LogP contribution in [0.3, 0.4) is 0 Å². The quantitative estimate of drug-likeness (QED) is 0.862. The van der Waals surface area contributed by atoms with Gasteiger partial charge in [-0.3, -0.25) is 4.79 Å². The van der Waals surface area contributed by atoms with Gasteiger partial charge in [0.2, 0.25) is 0 Å². The van der Waals surface area contributed by atoms with Crippen LogP contribution in [0.1, 0.15) is 24.3 Å². The second-order valence-corrected chi connectivity index (χ2v) is 6.20. The lowest BCUT2D eigenvalue weighted by Gasteiger charge is -2.27. The highest BCUT2D eigenvalue weighted by Gasteiger charge is 2.45. The summed E-state index contributed by atoms with van der Waals surface area (Å²) in [6, 6.07) is 8.34. The van der Waals surface area contributed by atoms with Gasteiger partial charge in [0.05, 0.1) is 0 Å². The van der Waals surface area contributed by atoms with Crippen LogP contribution in [0.15, 0.2) is 40.9 Å². The number of rotatable bonds is 3. The zero-order valence-electron chi connectivity index (χ0n) is 9.92. The van der Waals surface area contributed by atoms with E-state index < -0.39 is 5.97 Å². The third kappa shape index (κ3) is 2.01. The number of carbonyl (C=O) groups is 1. The van der Waals surface area contributed by atoms with Crippen molar-refractivity contribution in [2.75, 3.05) is 0 Å². The van der Waals surface area contributed by atoms with Gasteiger partial charge in [-0.05, 0) is 47.8 Å². The number of carboxylic acid groups (broad SMARTS) is 1. The van der Waals surface area contributed by atoms with E-state index in [1.807, 2.05) is 12.1 Å². The van der Waals surface area contributed by atoms with Crippen molar-refractivity contribution >= 4 is 21.9 Å². The molecule has 1 aromatic rings. The number of hydrogen-bond acceptors (Lipinski definition) is 1. The molecule has 1 aromatic carbocycles. The Hall–Kier alpha value is -1.09. The second kappa shape index (κ2) is 4.54. The summed E-state index contributed by atoms with van der Waals surface area (Å²) in [5.41, 5.74) is 1.28. The van der Waals surface area contributed by atoms with E-state index in [9.17, 15) is 4.79 Å². The molecule has 0 heterocycles. The van der Waals surface area contributed by atoms with E-state index >= 15 is 0 Å². The zero-order valence-corrected chi connectivity index (χ0v) is 11.5. The van der Waals surface area contributed by atoms with Gasteiger partial charge in [-0.1, -0.05) is 40.2 Å². The van der Waals surface area contributed by atoms with Gasteiger partial charge in [0, 0.05) is 10.9 Å². The predicted molar refractivity (Wildman–Crippen MR) is 73.4 cm³/mol. The Labute approximate surface area is 115 Å². The molecular weight excluding hydrogens is 292 g/mol. The maximum absolute atomic E-state index is 11.0. The fourth-order valence-corrected chi connectivity index (χ4v) is 3.85. The fraction of sp³-hybridized carbons (Fsp3) is 0.400. The summed E-state index contributed by atoms with van der Waals surface area (Å²) in [5, 5.41) is 9.08. The van der Waals surface area contributed by atoms with Gasteiger partial charge in [0.1, 0.15) is 0 Å². The molecule has 2 aliphatic rings. The largest absolute Gasteiger partial charge is 0.481 e. The van der Waals surface area contributed by atoms with Crippen molar-refractivity contribution in [3.05, 3.63) is 46.5 Å². The van der Waals surface area contributed by atoms with Gasteiger partial charge >= 0.3 is 5.97 Å². The minimum Gasteiger partial charge on any atom is -0.481 e. The van der Waals surface area contributed by atoms with Gasteiger partial charge in [0.25, 0.3) is 0 Å². The molecule has 1 N–H and O–H groups in total. The van der Waals surface area contributed by atoms with Crippen LogP contribution in [0.4, 0.5) is 0 Å². The molecule has 2 nitrogen and oxygen atoms in total. The average molecular weight is 307 g/mol. The molecule has 0 saturated heterocycles. The fourth-order valence-electron chi connectivity index (χ4n) is 3.58. The van der Waals surface area contributed by atoms with Crippen LogP contribution in [0.2, 0.25) is 0 Å². The van der Waals surface area contributed by atoms with Crippen molar-refractivity contribution < 1.29 is 9.90 Å². The van der Waals surface area contributed by atoms with Gasteiger partial charge in [0.15, 0.2) is 0 Å². The number of hydrogen-bond donors (Lipinski definition) is 1. The molecule has 2 aliphatic carbocycles. The van der Waals surface area contributed by atoms with Gasteiger partial charge in [-0.15, -0.1) is 0 Å². The summed E-state index contributed by atoms with van der Waals surface area (Å²) in [5.74, 6) is 0.950. The number of halogens is 1. The van der Waals surface area contributed by atoms with E-state index in [0.29, 0.717) is 17.8 Å². The number of allylic oxidation sites excluding steroid dienone is 2. The molecule has 18 heavy (non-hydrogen) atoms. The molecule has 3 rings (SSSR count). The molecule has 4 atom stereocenters. The highest BCUT2D eigenvalue weighted by Crippen LogP contribution is 2.54. The first kappa shape index (κ1) is 12.0. The molecule has 4 unspecified atom stereocenters. The van der Waals surface area contributed by atoms with Gasteiger partial charge in [-0.2, -0.15) is 0 Å². The topological polar surface area (TPSA) is 37.3 Å². The molecule has 1 fully saturated rings. The lowest BCUT2D eigenvalue weighted by Crippen LogP contribution is -2.20. The number of aliphatic carboxylic acids is 1. The third-order valence-corrected chi connectivity index (χ3v) is 4.82. The Kier molecular flexibility index (Phi) is 3.02. The SMILES string of the molecule is O=C(O)CC1C2C=CC(C2)C1c1ccc(Br)cc1. The Morgan fingerprint density at radius 2 is 1.89 bits per heavy atom. The molecule has 94 valence electrons. The van der Waals surface area contributed by atoms with Crippen molar-refractivity contribution in [3.8, 4) is 0 Å². The average Bonchev–Trinajstić information content (AvgIpc) is 2.90. The smallest absolute Gasteiger partial charge is 0.303 e. The van der Waals surface area contributed by atoms with Crippen LogP contribution in [0, 0.1) is 17.8 Å². The van der Waals surface area contributed by atoms with Crippen molar-refractivity contribution in [1.29, 1.82) is 0 Å². The van der Waals surface area contributed by atoms with Crippen LogP contribution in [-0.2, 0) is 4.79 Å². The van der Waals surface area contributed by atoms with Gasteiger partial charge < -0.3 is 5.11 Å². The maximum atomic E-state index is 11.0. The molecule has 0 radical (unpaired) electrons. The van der Waals surface area contributed by atoms with Crippen molar-refractivity contribution in [2.24, 2.45) is 17.8 Å². The van der Waals surface area contributed by atoms with E-state index in [2.05, 4.69) is 40.2 Å². The summed E-state index contributed by atoms with van der Waals surface area (Å²) in [4.78, 5) is 11.0. The maximum Gasteiger partial charge on any atom is 0.303 e. The van der Waals surface area contributed by atoms with Crippen molar-refractivity contribution in [1.82, 2.24) is 0 Å². The Balaban J connectivity index is 1.91. The summed E-state index contributed by atoms with van der Waals surface area (Å²) in [6.45, 7) is 0. The first-order valence-corrected chi connectivity index (χ1v) is 7.10. The molecule has 2 bridgehead atoms. The van der Waals surface area contributed by atoms with E-state index in [0.717, 1.165) is 10.9 Å². The summed E-state index contributed by atoms with van der Waals surface area (Å²) < 4.78 is 1.07. The van der Waals surface area contributed by atoms with Gasteiger partial charge in [-0.25, -0.2) is 0 Å². The van der Waals surface area contributed by atoms with Crippen molar-refractivity contribution in [2.45, 2.75) is 18.8 Å². The predicted octanol–water partition coefficient (Wildman–Crippen LogP) is 3.83. The second-order valence-electron chi connectivity index (χ2n) is 5.29. The molecule has 0 aromatic heterocycles. The number of benzene rings is 1. The Morgan fingerprint density at radius 1 is 1.22 bits per heavy atom. The third-order valence-electron chi connectivity index (χ3n) is 4.29. The molecule has 1 saturated carbocycles. The van der Waals surface area contributed by atoms with Crippen LogP contribution in [-0.4, -0.2) is 11.1 Å². The normalized spacial score (nSPS) is 32.9. The highest BCUT2D eigenvalue weighted by molar-refractivity contribution is 9.10. The first-order valence-electron chi connectivity index (χ1n) is 6.31. The lowest BCUT2D eigenvalue weighted by atomic mass is 9.77. The van der Waals surface area contributed by atoms with Crippen LogP contribution in [0.5, 0.6) is 0 Å². The van der Waals surface area contributed by atoms with Crippen molar-refractivity contribution in [3.63, 3.8) is 0 Å². The van der Waals surface area contributed by atoms with E-state index in [1.165, 1.54) is 5.56 Å². The first-order chi connectivity index (χ1) is 8.65. The van der Waals surface area contributed by atoms with E-state index in [1.54, 1.807) is 0 Å². The minimum absolute atomic E-state index is 0.263. The highest BCUT2D eigenvalue weighted by atomic mass is 79.9. The monoisotopic (exact) mass is 306 g/mol. The molecule has 0 amide bonds. The van der Waals surface area contributed by atoms with Crippen LogP contribution < -0.4 is 0 Å². The standard InChI is InChI=1S/C15H15BrO2/c16-12-5-3-9(4-6-12)15-11-2-1-10(7-11)13(15)8-14(17)18/h1-6,10-11,13,15H,7-8H2,(H,17,18). The minimum atomic E-state index is -0.678. The lowest BCUT2D eigenvalue weighted by molar-refractivity contribution is -0.138. The number of carboxylic acids is 1. The summed E-state index contributed by atoms with van der Waals surface area (Å²) in [7, 11) is 0. The molecular formula is C15H15BrO2.